The summed E-state index contributed by atoms with van der Waals surface area (Å²) in [6.07, 6.45) is 4.87. The van der Waals surface area contributed by atoms with Gasteiger partial charge in [-0.15, -0.1) is 0 Å². The summed E-state index contributed by atoms with van der Waals surface area (Å²) in [4.78, 5) is 15.0. The summed E-state index contributed by atoms with van der Waals surface area (Å²) in [5, 5.41) is 14.4. The van der Waals surface area contributed by atoms with Gasteiger partial charge in [-0.1, -0.05) is 27.7 Å². The molecular weight excluding hydrogens is 266 g/mol. The molecule has 1 aromatic rings. The molecule has 0 radical (unpaired) electrons. The Labute approximate surface area is 126 Å². The van der Waals surface area contributed by atoms with E-state index in [2.05, 4.69) is 38.0 Å². The van der Waals surface area contributed by atoms with Gasteiger partial charge in [0.2, 0.25) is 0 Å². The van der Waals surface area contributed by atoms with Crippen LogP contribution in [0.4, 0.5) is 11.5 Å². The van der Waals surface area contributed by atoms with Crippen molar-refractivity contribution in [3.05, 3.63) is 27.9 Å². The first-order valence-corrected chi connectivity index (χ1v) is 7.46. The Bertz CT molecular complexity index is 536. The van der Waals surface area contributed by atoms with E-state index in [1.54, 1.807) is 19.2 Å². The predicted molar refractivity (Wildman–Crippen MR) is 84.5 cm³/mol. The Morgan fingerprint density at radius 1 is 1.29 bits per heavy atom. The van der Waals surface area contributed by atoms with Crippen molar-refractivity contribution in [3.8, 4) is 0 Å². The van der Waals surface area contributed by atoms with Crippen LogP contribution in [0.25, 0.3) is 0 Å². The van der Waals surface area contributed by atoms with Crippen molar-refractivity contribution in [2.24, 2.45) is 10.8 Å². The molecule has 21 heavy (non-hydrogen) atoms. The number of rotatable bonds is 3. The lowest BCUT2D eigenvalue weighted by Crippen LogP contribution is -2.40. The monoisotopic (exact) mass is 291 g/mol. The minimum Gasteiger partial charge on any atom is -0.367 e. The number of pyridine rings is 1. The Morgan fingerprint density at radius 2 is 1.86 bits per heavy atom. The van der Waals surface area contributed by atoms with Gasteiger partial charge in [0.15, 0.2) is 0 Å². The maximum absolute atomic E-state index is 11.0. The first-order valence-electron chi connectivity index (χ1n) is 7.46. The second kappa shape index (κ2) is 5.28. The van der Waals surface area contributed by atoms with Crippen LogP contribution in [-0.4, -0.2) is 15.9 Å². The minimum absolute atomic E-state index is 0.127. The highest BCUT2D eigenvalue weighted by Gasteiger charge is 2.38. The molecule has 5 nitrogen and oxygen atoms in total. The maximum Gasteiger partial charge on any atom is 0.277 e. The summed E-state index contributed by atoms with van der Waals surface area (Å²) < 4.78 is 0. The van der Waals surface area contributed by atoms with Gasteiger partial charge >= 0.3 is 0 Å². The number of hydrogen-bond donors (Lipinski definition) is 1. The standard InChI is InChI=1S/C16H25N3O2/c1-11-9-17-14(6-13(11)19(20)21)18-12-7-15(2,3)10-16(4,5)8-12/h6,9,12H,7-8,10H2,1-5H3,(H,17,18). The van der Waals surface area contributed by atoms with E-state index in [-0.39, 0.29) is 21.4 Å². The second-order valence-electron chi connectivity index (χ2n) is 7.87. The molecule has 0 amide bonds. The zero-order valence-electron chi connectivity index (χ0n) is 13.6. The van der Waals surface area contributed by atoms with Gasteiger partial charge in [0.25, 0.3) is 5.69 Å². The van der Waals surface area contributed by atoms with Gasteiger partial charge in [0, 0.05) is 17.8 Å². The predicted octanol–water partition coefficient (Wildman–Crippen LogP) is 4.32. The SMILES string of the molecule is Cc1cnc(NC2CC(C)(C)CC(C)(C)C2)cc1[N+](=O)[O-]. The maximum atomic E-state index is 11.0. The Hall–Kier alpha value is -1.65. The molecule has 0 saturated heterocycles. The molecule has 116 valence electrons. The fraction of sp³-hybridized carbons (Fsp3) is 0.688. The van der Waals surface area contributed by atoms with E-state index in [0.29, 0.717) is 17.4 Å². The van der Waals surface area contributed by atoms with Gasteiger partial charge in [-0.25, -0.2) is 4.98 Å². The van der Waals surface area contributed by atoms with Crippen LogP contribution in [0.3, 0.4) is 0 Å². The molecule has 1 aromatic heterocycles. The summed E-state index contributed by atoms with van der Waals surface area (Å²) in [5.74, 6) is 0.603. The molecule has 0 unspecified atom stereocenters. The number of anilines is 1. The zero-order chi connectivity index (χ0) is 15.8. The number of hydrogen-bond acceptors (Lipinski definition) is 4. The van der Waals surface area contributed by atoms with Crippen molar-refractivity contribution in [1.29, 1.82) is 0 Å². The van der Waals surface area contributed by atoms with Gasteiger partial charge in [0.05, 0.1) is 11.0 Å². The normalized spacial score (nSPS) is 21.0. The molecule has 0 spiro atoms. The molecule has 1 N–H and O–H groups in total. The van der Waals surface area contributed by atoms with Gasteiger partial charge in [-0.3, -0.25) is 10.1 Å². The summed E-state index contributed by atoms with van der Waals surface area (Å²) >= 11 is 0. The molecule has 0 aliphatic heterocycles. The lowest BCUT2D eigenvalue weighted by atomic mass is 9.63. The number of aromatic nitrogens is 1. The Kier molecular flexibility index (Phi) is 3.95. The van der Waals surface area contributed by atoms with Crippen LogP contribution in [0.5, 0.6) is 0 Å². The highest BCUT2D eigenvalue weighted by atomic mass is 16.6. The van der Waals surface area contributed by atoms with E-state index in [1.165, 1.54) is 6.42 Å². The van der Waals surface area contributed by atoms with Crippen LogP contribution in [0.15, 0.2) is 12.3 Å². The highest BCUT2D eigenvalue weighted by Crippen LogP contribution is 2.46. The molecule has 1 aliphatic rings. The molecule has 0 bridgehead atoms. The summed E-state index contributed by atoms with van der Waals surface area (Å²) in [6, 6.07) is 1.85. The van der Waals surface area contributed by atoms with E-state index in [0.717, 1.165) is 12.8 Å². The largest absolute Gasteiger partial charge is 0.367 e. The molecule has 0 aromatic carbocycles. The average Bonchev–Trinajstić information content (AvgIpc) is 2.27. The van der Waals surface area contributed by atoms with Crippen molar-refractivity contribution in [3.63, 3.8) is 0 Å². The van der Waals surface area contributed by atoms with Gasteiger partial charge in [-0.05, 0) is 37.0 Å². The van der Waals surface area contributed by atoms with E-state index >= 15 is 0 Å². The molecule has 5 heteroatoms. The van der Waals surface area contributed by atoms with Crippen LogP contribution in [0.1, 0.15) is 52.5 Å². The molecule has 2 rings (SSSR count). The van der Waals surface area contributed by atoms with Gasteiger partial charge in [-0.2, -0.15) is 0 Å². The average molecular weight is 291 g/mol. The molecule has 1 aliphatic carbocycles. The summed E-state index contributed by atoms with van der Waals surface area (Å²) in [7, 11) is 0. The quantitative estimate of drug-likeness (QED) is 0.665. The lowest BCUT2D eigenvalue weighted by molar-refractivity contribution is -0.385. The van der Waals surface area contributed by atoms with Crippen LogP contribution in [-0.2, 0) is 0 Å². The topological polar surface area (TPSA) is 68.1 Å². The Balaban J connectivity index is 2.18. The van der Waals surface area contributed by atoms with Gasteiger partial charge in [0.1, 0.15) is 5.82 Å². The first kappa shape index (κ1) is 15.7. The molecule has 1 heterocycles. The molecule has 0 atom stereocenters. The van der Waals surface area contributed by atoms with Crippen LogP contribution in [0.2, 0.25) is 0 Å². The van der Waals surface area contributed by atoms with E-state index in [9.17, 15) is 10.1 Å². The molecule has 1 fully saturated rings. The van der Waals surface area contributed by atoms with E-state index in [1.807, 2.05) is 0 Å². The van der Waals surface area contributed by atoms with Crippen LogP contribution in [0, 0.1) is 27.9 Å². The van der Waals surface area contributed by atoms with Crippen molar-refractivity contribution < 1.29 is 4.92 Å². The number of nitrogens with one attached hydrogen (secondary N) is 1. The zero-order valence-corrected chi connectivity index (χ0v) is 13.6. The fourth-order valence-electron chi connectivity index (χ4n) is 3.95. The molecular formula is C16H25N3O2. The third-order valence-electron chi connectivity index (χ3n) is 4.18. The third-order valence-corrected chi connectivity index (χ3v) is 4.18. The second-order valence-corrected chi connectivity index (χ2v) is 7.87. The van der Waals surface area contributed by atoms with Crippen molar-refractivity contribution in [1.82, 2.24) is 4.98 Å². The van der Waals surface area contributed by atoms with Crippen LogP contribution < -0.4 is 5.32 Å². The minimum atomic E-state index is -0.350. The fourth-order valence-corrected chi connectivity index (χ4v) is 3.95. The number of nitrogens with zero attached hydrogens (tertiary/aromatic N) is 2. The van der Waals surface area contributed by atoms with Gasteiger partial charge < -0.3 is 5.32 Å². The van der Waals surface area contributed by atoms with E-state index in [4.69, 9.17) is 0 Å². The van der Waals surface area contributed by atoms with Crippen molar-refractivity contribution in [2.75, 3.05) is 5.32 Å². The van der Waals surface area contributed by atoms with Crippen molar-refractivity contribution >= 4 is 11.5 Å². The summed E-state index contributed by atoms with van der Waals surface area (Å²) in [5.41, 5.74) is 1.27. The van der Waals surface area contributed by atoms with Crippen LogP contribution >= 0.6 is 0 Å². The van der Waals surface area contributed by atoms with Crippen molar-refractivity contribution in [2.45, 2.75) is 59.9 Å². The highest BCUT2D eigenvalue weighted by molar-refractivity contribution is 5.49. The Morgan fingerprint density at radius 3 is 2.38 bits per heavy atom. The first-order chi connectivity index (χ1) is 9.58. The lowest BCUT2D eigenvalue weighted by Gasteiger charge is -2.45. The number of nitro groups is 1. The third kappa shape index (κ3) is 3.93. The smallest absolute Gasteiger partial charge is 0.277 e. The molecule has 1 saturated carbocycles. The van der Waals surface area contributed by atoms with E-state index < -0.39 is 0 Å². The number of aryl methyl sites for hydroxylation is 1. The summed E-state index contributed by atoms with van der Waals surface area (Å²) in [6.45, 7) is 10.9.